The van der Waals surface area contributed by atoms with Gasteiger partial charge < -0.3 is 21.1 Å². The first kappa shape index (κ1) is 19.8. The molecular formula is C23H28N6O2. The fourth-order valence-corrected chi connectivity index (χ4v) is 4.09. The van der Waals surface area contributed by atoms with Gasteiger partial charge in [0.15, 0.2) is 5.65 Å². The SMILES string of the molecule is Cc1cc(-c2cnn3c(NCC4CCOCC4)cc(N)nc23)ccc1C(=O)NC1CC1. The van der Waals surface area contributed by atoms with Crippen LogP contribution >= 0.6 is 0 Å². The van der Waals surface area contributed by atoms with Crippen LogP contribution in [0.1, 0.15) is 41.6 Å². The van der Waals surface area contributed by atoms with E-state index in [1.165, 1.54) is 0 Å². The van der Waals surface area contributed by atoms with E-state index < -0.39 is 0 Å². The van der Waals surface area contributed by atoms with Crippen molar-refractivity contribution in [3.63, 3.8) is 0 Å². The number of hydrogen-bond donors (Lipinski definition) is 3. The Balaban J connectivity index is 1.41. The van der Waals surface area contributed by atoms with Crippen molar-refractivity contribution in [1.29, 1.82) is 0 Å². The Morgan fingerprint density at radius 2 is 2.03 bits per heavy atom. The summed E-state index contributed by atoms with van der Waals surface area (Å²) in [5.41, 5.74) is 10.3. The number of nitrogens with zero attached hydrogens (tertiary/aromatic N) is 3. The molecule has 3 aromatic rings. The second kappa shape index (κ2) is 8.19. The van der Waals surface area contributed by atoms with E-state index in [1.807, 2.05) is 31.2 Å². The molecule has 5 rings (SSSR count). The molecule has 1 amide bonds. The standard InChI is InChI=1S/C23H28N6O2/c1-14-10-16(2-5-18(14)23(30)27-17-3-4-17)19-13-26-29-21(11-20(24)28-22(19)29)25-12-15-6-8-31-9-7-15/h2,5,10-11,13,15,17,25H,3-4,6-9,12H2,1H3,(H2,24,28)(H,27,30). The maximum atomic E-state index is 12.4. The molecule has 8 nitrogen and oxygen atoms in total. The molecule has 0 bridgehead atoms. The van der Waals surface area contributed by atoms with Crippen molar-refractivity contribution in [3.8, 4) is 11.1 Å². The molecule has 2 aliphatic rings. The van der Waals surface area contributed by atoms with Gasteiger partial charge in [-0.2, -0.15) is 9.61 Å². The number of rotatable bonds is 6. The summed E-state index contributed by atoms with van der Waals surface area (Å²) < 4.78 is 7.25. The van der Waals surface area contributed by atoms with Crippen LogP contribution in [0.15, 0.2) is 30.5 Å². The molecular weight excluding hydrogens is 392 g/mol. The van der Waals surface area contributed by atoms with Crippen molar-refractivity contribution in [2.75, 3.05) is 30.8 Å². The highest BCUT2D eigenvalue weighted by Crippen LogP contribution is 2.29. The number of nitrogens with two attached hydrogens (primary N) is 1. The Hall–Kier alpha value is -3.13. The second-order valence-corrected chi connectivity index (χ2v) is 8.57. The predicted octanol–water partition coefficient (Wildman–Crippen LogP) is 3.02. The van der Waals surface area contributed by atoms with Gasteiger partial charge in [0.05, 0.1) is 6.20 Å². The average molecular weight is 421 g/mol. The van der Waals surface area contributed by atoms with E-state index in [2.05, 4.69) is 20.7 Å². The van der Waals surface area contributed by atoms with E-state index in [0.717, 1.165) is 68.0 Å². The zero-order valence-corrected chi connectivity index (χ0v) is 17.7. The Bertz CT molecular complexity index is 1110. The number of anilines is 2. The summed E-state index contributed by atoms with van der Waals surface area (Å²) in [6, 6.07) is 8.00. The van der Waals surface area contributed by atoms with Crippen LogP contribution in [0.5, 0.6) is 0 Å². The minimum Gasteiger partial charge on any atom is -0.384 e. The Morgan fingerprint density at radius 3 is 2.77 bits per heavy atom. The van der Waals surface area contributed by atoms with Crippen LogP contribution in [0.25, 0.3) is 16.8 Å². The first-order valence-corrected chi connectivity index (χ1v) is 11.0. The molecule has 1 aliphatic carbocycles. The minimum atomic E-state index is -0.00613. The average Bonchev–Trinajstić information content (AvgIpc) is 3.48. The topological polar surface area (TPSA) is 107 Å². The van der Waals surface area contributed by atoms with E-state index in [9.17, 15) is 4.79 Å². The van der Waals surface area contributed by atoms with Crippen LogP contribution < -0.4 is 16.4 Å². The van der Waals surface area contributed by atoms with Crippen LogP contribution in [0, 0.1) is 12.8 Å². The Labute approximate surface area is 181 Å². The zero-order chi connectivity index (χ0) is 21.4. The lowest BCUT2D eigenvalue weighted by molar-refractivity contribution is 0.0699. The van der Waals surface area contributed by atoms with Crippen molar-refractivity contribution in [1.82, 2.24) is 19.9 Å². The highest BCUT2D eigenvalue weighted by atomic mass is 16.5. The number of aryl methyl sites for hydroxylation is 1. The molecule has 1 saturated heterocycles. The van der Waals surface area contributed by atoms with Gasteiger partial charge in [-0.15, -0.1) is 0 Å². The minimum absolute atomic E-state index is 0.00613. The van der Waals surface area contributed by atoms with Gasteiger partial charge in [0.25, 0.3) is 5.91 Å². The maximum absolute atomic E-state index is 12.4. The molecule has 0 radical (unpaired) electrons. The summed E-state index contributed by atoms with van der Waals surface area (Å²) in [7, 11) is 0. The molecule has 31 heavy (non-hydrogen) atoms. The second-order valence-electron chi connectivity index (χ2n) is 8.57. The number of carbonyl (C=O) groups excluding carboxylic acids is 1. The van der Waals surface area contributed by atoms with Gasteiger partial charge in [0, 0.05) is 43.0 Å². The molecule has 1 aliphatic heterocycles. The molecule has 0 atom stereocenters. The lowest BCUT2D eigenvalue weighted by atomic mass is 10.0. The number of nitrogen functional groups attached to an aromatic ring is 1. The molecule has 0 spiro atoms. The number of hydrogen-bond acceptors (Lipinski definition) is 6. The van der Waals surface area contributed by atoms with Gasteiger partial charge in [0.1, 0.15) is 11.6 Å². The van der Waals surface area contributed by atoms with Gasteiger partial charge in [-0.3, -0.25) is 4.79 Å². The normalized spacial score (nSPS) is 17.1. The highest BCUT2D eigenvalue weighted by Gasteiger charge is 2.24. The Kier molecular flexibility index (Phi) is 5.23. The zero-order valence-electron chi connectivity index (χ0n) is 17.7. The lowest BCUT2D eigenvalue weighted by Crippen LogP contribution is -2.26. The summed E-state index contributed by atoms with van der Waals surface area (Å²) in [4.78, 5) is 17.0. The quantitative estimate of drug-likeness (QED) is 0.566. The van der Waals surface area contributed by atoms with Crippen molar-refractivity contribution < 1.29 is 9.53 Å². The summed E-state index contributed by atoms with van der Waals surface area (Å²) in [5, 5.41) is 11.1. The number of ether oxygens (including phenoxy) is 1. The number of benzene rings is 1. The molecule has 0 unspecified atom stereocenters. The molecule has 2 fully saturated rings. The third-order valence-corrected chi connectivity index (χ3v) is 6.10. The molecule has 8 heteroatoms. The summed E-state index contributed by atoms with van der Waals surface area (Å²) in [6.07, 6.45) is 6.06. The van der Waals surface area contributed by atoms with E-state index in [0.29, 0.717) is 29.0 Å². The number of carbonyl (C=O) groups is 1. The molecule has 2 aromatic heterocycles. The third-order valence-electron chi connectivity index (χ3n) is 6.10. The summed E-state index contributed by atoms with van der Waals surface area (Å²) in [6.45, 7) is 4.45. The van der Waals surface area contributed by atoms with Gasteiger partial charge in [-0.1, -0.05) is 12.1 Å². The molecule has 4 N–H and O–H groups in total. The van der Waals surface area contributed by atoms with Crippen LogP contribution in [-0.2, 0) is 4.74 Å². The molecule has 3 heterocycles. The lowest BCUT2D eigenvalue weighted by Gasteiger charge is -2.22. The van der Waals surface area contributed by atoms with Gasteiger partial charge in [-0.25, -0.2) is 4.98 Å². The Morgan fingerprint density at radius 1 is 1.23 bits per heavy atom. The van der Waals surface area contributed by atoms with E-state index in [1.54, 1.807) is 10.7 Å². The maximum Gasteiger partial charge on any atom is 0.251 e. The largest absolute Gasteiger partial charge is 0.384 e. The fourth-order valence-electron chi connectivity index (χ4n) is 4.09. The third kappa shape index (κ3) is 4.20. The highest BCUT2D eigenvalue weighted by molar-refractivity contribution is 5.97. The van der Waals surface area contributed by atoms with Crippen LogP contribution in [0.3, 0.4) is 0 Å². The molecule has 1 saturated carbocycles. The van der Waals surface area contributed by atoms with E-state index in [-0.39, 0.29) is 5.91 Å². The fraction of sp³-hybridized carbons (Fsp3) is 0.435. The van der Waals surface area contributed by atoms with Crippen LogP contribution in [-0.4, -0.2) is 46.3 Å². The number of amides is 1. The number of fused-ring (bicyclic) bond motifs is 1. The first-order chi connectivity index (χ1) is 15.1. The number of nitrogens with one attached hydrogen (secondary N) is 2. The number of aromatic nitrogens is 3. The van der Waals surface area contributed by atoms with Crippen molar-refractivity contribution in [2.24, 2.45) is 5.92 Å². The van der Waals surface area contributed by atoms with E-state index >= 15 is 0 Å². The monoisotopic (exact) mass is 420 g/mol. The molecule has 1 aromatic carbocycles. The van der Waals surface area contributed by atoms with E-state index in [4.69, 9.17) is 10.5 Å². The molecule has 162 valence electrons. The van der Waals surface area contributed by atoms with Crippen molar-refractivity contribution in [2.45, 2.75) is 38.6 Å². The van der Waals surface area contributed by atoms with Crippen LogP contribution in [0.2, 0.25) is 0 Å². The van der Waals surface area contributed by atoms with Gasteiger partial charge in [-0.05, 0) is 55.7 Å². The van der Waals surface area contributed by atoms with Gasteiger partial charge >= 0.3 is 0 Å². The first-order valence-electron chi connectivity index (χ1n) is 11.0. The summed E-state index contributed by atoms with van der Waals surface area (Å²) in [5.74, 6) is 1.84. The van der Waals surface area contributed by atoms with Crippen molar-refractivity contribution >= 4 is 23.2 Å². The van der Waals surface area contributed by atoms with Crippen molar-refractivity contribution in [3.05, 3.63) is 41.6 Å². The predicted molar refractivity (Wildman–Crippen MR) is 120 cm³/mol. The smallest absolute Gasteiger partial charge is 0.251 e. The van der Waals surface area contributed by atoms with Crippen LogP contribution in [0.4, 0.5) is 11.6 Å². The summed E-state index contributed by atoms with van der Waals surface area (Å²) >= 11 is 0. The van der Waals surface area contributed by atoms with Gasteiger partial charge in [0.2, 0.25) is 0 Å².